The number of hydrogen-bond acceptors (Lipinski definition) is 4. The predicted octanol–water partition coefficient (Wildman–Crippen LogP) is 3.66. The van der Waals surface area contributed by atoms with Crippen molar-refractivity contribution in [2.24, 2.45) is 10.7 Å². The lowest BCUT2D eigenvalue weighted by atomic mass is 9.90. The molecule has 4 nitrogen and oxygen atoms in total. The lowest BCUT2D eigenvalue weighted by Gasteiger charge is -2.30. The van der Waals surface area contributed by atoms with Crippen LogP contribution in [0.2, 0.25) is 10.2 Å². The van der Waals surface area contributed by atoms with Crippen molar-refractivity contribution in [2.45, 2.75) is 12.5 Å². The molecule has 0 saturated carbocycles. The fraction of sp³-hybridized carbons (Fsp3) is 0.250. The van der Waals surface area contributed by atoms with E-state index in [1.165, 1.54) is 6.20 Å². The highest BCUT2D eigenvalue weighted by Crippen LogP contribution is 2.34. The van der Waals surface area contributed by atoms with Gasteiger partial charge in [-0.05, 0) is 30.2 Å². The minimum atomic E-state index is -0.503. The molecule has 2 aromatic rings. The number of aromatic nitrogens is 1. The summed E-state index contributed by atoms with van der Waals surface area (Å²) in [6.07, 6.45) is 1.53. The molecule has 22 heavy (non-hydrogen) atoms. The molecule has 114 valence electrons. The van der Waals surface area contributed by atoms with Gasteiger partial charge in [-0.25, -0.2) is 4.98 Å². The molecule has 1 unspecified atom stereocenters. The third kappa shape index (κ3) is 2.95. The number of pyridine rings is 1. The van der Waals surface area contributed by atoms with Gasteiger partial charge in [0, 0.05) is 11.8 Å². The summed E-state index contributed by atoms with van der Waals surface area (Å²) in [6.45, 7) is 2.86. The Labute approximate surface area is 138 Å². The first-order valence-electron chi connectivity index (χ1n) is 6.82. The zero-order valence-electron chi connectivity index (χ0n) is 12.0. The van der Waals surface area contributed by atoms with Crippen LogP contribution in [-0.2, 0) is 10.3 Å². The van der Waals surface area contributed by atoms with E-state index in [0.717, 1.165) is 16.7 Å². The summed E-state index contributed by atoms with van der Waals surface area (Å²) in [4.78, 5) is 8.64. The van der Waals surface area contributed by atoms with Crippen LogP contribution < -0.4 is 5.73 Å². The van der Waals surface area contributed by atoms with Crippen LogP contribution in [0.25, 0.3) is 11.1 Å². The first-order chi connectivity index (χ1) is 10.5. The highest BCUT2D eigenvalue weighted by Gasteiger charge is 2.30. The maximum Gasteiger partial charge on any atom is 0.136 e. The average molecular weight is 336 g/mol. The third-order valence-electron chi connectivity index (χ3n) is 3.62. The second-order valence-electron chi connectivity index (χ2n) is 5.44. The van der Waals surface area contributed by atoms with Gasteiger partial charge in [0.25, 0.3) is 0 Å². The summed E-state index contributed by atoms with van der Waals surface area (Å²) in [6, 6.07) is 9.73. The summed E-state index contributed by atoms with van der Waals surface area (Å²) < 4.78 is 5.52. The molecule has 0 bridgehead atoms. The zero-order valence-corrected chi connectivity index (χ0v) is 13.5. The Balaban J connectivity index is 2.07. The number of ether oxygens (including phenoxy) is 1. The van der Waals surface area contributed by atoms with Crippen molar-refractivity contribution in [3.05, 3.63) is 52.3 Å². The number of rotatable bonds is 2. The summed E-state index contributed by atoms with van der Waals surface area (Å²) in [5.41, 5.74) is 8.03. The van der Waals surface area contributed by atoms with Crippen LogP contribution in [0.15, 0.2) is 41.5 Å². The van der Waals surface area contributed by atoms with E-state index in [1.807, 2.05) is 31.2 Å². The van der Waals surface area contributed by atoms with E-state index >= 15 is 0 Å². The quantitative estimate of drug-likeness (QED) is 0.852. The number of benzene rings is 1. The van der Waals surface area contributed by atoms with E-state index in [0.29, 0.717) is 29.2 Å². The van der Waals surface area contributed by atoms with Crippen molar-refractivity contribution in [3.8, 4) is 11.1 Å². The molecular formula is C16H15Cl2N3O. The first-order valence-corrected chi connectivity index (χ1v) is 7.57. The molecule has 0 amide bonds. The van der Waals surface area contributed by atoms with E-state index in [9.17, 15) is 0 Å². The molecule has 1 aliphatic rings. The molecule has 1 aliphatic heterocycles. The molecule has 0 fully saturated rings. The fourth-order valence-electron chi connectivity index (χ4n) is 2.53. The molecule has 1 aromatic heterocycles. The van der Waals surface area contributed by atoms with Crippen molar-refractivity contribution >= 4 is 29.0 Å². The summed E-state index contributed by atoms with van der Waals surface area (Å²) in [5.74, 6) is 0.501. The zero-order chi connectivity index (χ0) is 15.7. The van der Waals surface area contributed by atoms with Gasteiger partial charge in [-0.1, -0.05) is 41.4 Å². The van der Waals surface area contributed by atoms with E-state index < -0.39 is 5.54 Å². The Bertz CT molecular complexity index is 748. The first kappa shape index (κ1) is 15.3. The normalized spacial score (nSPS) is 21.5. The maximum atomic E-state index is 6.18. The minimum Gasteiger partial charge on any atom is -0.386 e. The Morgan fingerprint density at radius 2 is 2.09 bits per heavy atom. The van der Waals surface area contributed by atoms with E-state index in [2.05, 4.69) is 9.98 Å². The van der Waals surface area contributed by atoms with Crippen LogP contribution in [0.3, 0.4) is 0 Å². The summed E-state index contributed by atoms with van der Waals surface area (Å²) in [7, 11) is 0. The van der Waals surface area contributed by atoms with Crippen LogP contribution in [0.1, 0.15) is 12.5 Å². The summed E-state index contributed by atoms with van der Waals surface area (Å²) in [5, 5.41) is 0.953. The Morgan fingerprint density at radius 1 is 1.27 bits per heavy atom. The fourth-order valence-corrected chi connectivity index (χ4v) is 2.90. The van der Waals surface area contributed by atoms with Crippen molar-refractivity contribution < 1.29 is 4.74 Å². The van der Waals surface area contributed by atoms with E-state index in [-0.39, 0.29) is 0 Å². The van der Waals surface area contributed by atoms with Gasteiger partial charge < -0.3 is 10.5 Å². The standard InChI is InChI=1S/C16H15Cl2N3O/c1-16(9-22-8-14(19)21-16)11-4-2-3-10(5-11)13-6-12(17)7-20-15(13)18/h2-7H,8-9H2,1H3,(H2,19,21). The molecule has 0 saturated heterocycles. The number of hydrogen-bond donors (Lipinski definition) is 1. The predicted molar refractivity (Wildman–Crippen MR) is 89.5 cm³/mol. The molecule has 2 N–H and O–H groups in total. The van der Waals surface area contributed by atoms with Crippen LogP contribution in [-0.4, -0.2) is 24.0 Å². The smallest absolute Gasteiger partial charge is 0.136 e. The number of nitrogens with zero attached hydrogens (tertiary/aromatic N) is 2. The van der Waals surface area contributed by atoms with Gasteiger partial charge in [0.05, 0.1) is 11.6 Å². The van der Waals surface area contributed by atoms with Gasteiger partial charge in [0.15, 0.2) is 0 Å². The molecular weight excluding hydrogens is 321 g/mol. The summed E-state index contributed by atoms with van der Waals surface area (Å²) >= 11 is 12.2. The van der Waals surface area contributed by atoms with Crippen molar-refractivity contribution in [1.29, 1.82) is 0 Å². The highest BCUT2D eigenvalue weighted by atomic mass is 35.5. The Hall–Kier alpha value is -1.62. The molecule has 0 spiro atoms. The van der Waals surface area contributed by atoms with Crippen LogP contribution in [0.5, 0.6) is 0 Å². The second-order valence-corrected chi connectivity index (χ2v) is 6.24. The number of amidine groups is 1. The lowest BCUT2D eigenvalue weighted by Crippen LogP contribution is -2.37. The van der Waals surface area contributed by atoms with Gasteiger partial charge in [0.2, 0.25) is 0 Å². The molecule has 2 heterocycles. The highest BCUT2D eigenvalue weighted by molar-refractivity contribution is 6.34. The Morgan fingerprint density at radius 3 is 2.86 bits per heavy atom. The average Bonchev–Trinajstić information content (AvgIpc) is 2.50. The molecule has 0 aliphatic carbocycles. The minimum absolute atomic E-state index is 0.374. The monoisotopic (exact) mass is 335 g/mol. The Kier molecular flexibility index (Phi) is 4.08. The largest absolute Gasteiger partial charge is 0.386 e. The topological polar surface area (TPSA) is 60.5 Å². The van der Waals surface area contributed by atoms with Crippen LogP contribution in [0.4, 0.5) is 0 Å². The number of nitrogens with two attached hydrogens (primary N) is 1. The molecule has 1 aromatic carbocycles. The molecule has 1 atom stereocenters. The van der Waals surface area contributed by atoms with E-state index in [4.69, 9.17) is 33.7 Å². The second kappa shape index (κ2) is 5.88. The van der Waals surface area contributed by atoms with Crippen molar-refractivity contribution in [1.82, 2.24) is 4.98 Å². The number of halogens is 2. The van der Waals surface area contributed by atoms with Gasteiger partial charge in [-0.3, -0.25) is 4.99 Å². The molecule has 0 radical (unpaired) electrons. The van der Waals surface area contributed by atoms with Crippen LogP contribution >= 0.6 is 23.2 Å². The van der Waals surface area contributed by atoms with Crippen LogP contribution in [0, 0.1) is 0 Å². The van der Waals surface area contributed by atoms with Gasteiger partial charge >= 0.3 is 0 Å². The van der Waals surface area contributed by atoms with E-state index in [1.54, 1.807) is 6.07 Å². The van der Waals surface area contributed by atoms with Gasteiger partial charge in [-0.15, -0.1) is 0 Å². The van der Waals surface area contributed by atoms with Gasteiger partial charge in [-0.2, -0.15) is 0 Å². The van der Waals surface area contributed by atoms with Gasteiger partial charge in [0.1, 0.15) is 23.1 Å². The van der Waals surface area contributed by atoms with Crippen molar-refractivity contribution in [3.63, 3.8) is 0 Å². The molecule has 3 rings (SSSR count). The SMILES string of the molecule is CC1(c2cccc(-c3cc(Cl)cnc3Cl)c2)COCC(N)=N1. The lowest BCUT2D eigenvalue weighted by molar-refractivity contribution is 0.106. The molecule has 6 heteroatoms. The number of aliphatic imine (C=N–C) groups is 1. The van der Waals surface area contributed by atoms with Crippen molar-refractivity contribution in [2.75, 3.05) is 13.2 Å². The third-order valence-corrected chi connectivity index (χ3v) is 4.13. The maximum absolute atomic E-state index is 6.18.